The summed E-state index contributed by atoms with van der Waals surface area (Å²) in [5.41, 5.74) is 0.580. The number of alkyl halides is 3. The summed E-state index contributed by atoms with van der Waals surface area (Å²) in [5, 5.41) is 5.92. The zero-order valence-corrected chi connectivity index (χ0v) is 15.9. The highest BCUT2D eigenvalue weighted by molar-refractivity contribution is 8.02. The molecule has 0 amide bonds. The normalized spacial score (nSPS) is 16.9. The van der Waals surface area contributed by atoms with Crippen LogP contribution in [0.15, 0.2) is 47.9 Å². The number of thioether (sulfide) groups is 1. The molecular formula is C20H14F5N3S. The summed E-state index contributed by atoms with van der Waals surface area (Å²) >= 11 is 1.46. The lowest BCUT2D eigenvalue weighted by atomic mass is 10.0. The number of rotatable bonds is 3. The van der Waals surface area contributed by atoms with Crippen molar-refractivity contribution in [3.8, 4) is 11.4 Å². The van der Waals surface area contributed by atoms with Crippen LogP contribution in [0.25, 0.3) is 17.0 Å². The molecule has 0 fully saturated rings. The molecule has 29 heavy (non-hydrogen) atoms. The SMILES string of the molecule is Cn1nc(-c2c(F)cccc2F)nc1C1=CSC(c2ccc(C(F)(F)F)cc2)C1. The molecule has 0 aliphatic carbocycles. The van der Waals surface area contributed by atoms with Gasteiger partial charge >= 0.3 is 6.18 Å². The third kappa shape index (κ3) is 3.78. The predicted octanol–water partition coefficient (Wildman–Crippen LogP) is 6.00. The van der Waals surface area contributed by atoms with E-state index in [0.29, 0.717) is 12.2 Å². The average Bonchev–Trinajstić information content (AvgIpc) is 3.28. The molecule has 1 aliphatic rings. The van der Waals surface area contributed by atoms with Gasteiger partial charge in [-0.25, -0.2) is 18.4 Å². The van der Waals surface area contributed by atoms with Gasteiger partial charge in [0.1, 0.15) is 11.6 Å². The van der Waals surface area contributed by atoms with E-state index in [1.807, 2.05) is 5.41 Å². The highest BCUT2D eigenvalue weighted by Gasteiger charge is 2.31. The fourth-order valence-electron chi connectivity index (χ4n) is 3.17. The monoisotopic (exact) mass is 423 g/mol. The van der Waals surface area contributed by atoms with Gasteiger partial charge < -0.3 is 0 Å². The summed E-state index contributed by atoms with van der Waals surface area (Å²) in [6.07, 6.45) is -3.86. The highest BCUT2D eigenvalue weighted by Crippen LogP contribution is 2.46. The molecule has 2 aromatic carbocycles. The molecule has 2 heterocycles. The smallest absolute Gasteiger partial charge is 0.249 e. The van der Waals surface area contributed by atoms with Crippen LogP contribution in [0.2, 0.25) is 0 Å². The Morgan fingerprint density at radius 2 is 1.69 bits per heavy atom. The molecule has 1 aliphatic heterocycles. The third-order valence-electron chi connectivity index (χ3n) is 4.63. The number of allylic oxidation sites excluding steroid dienone is 1. The summed E-state index contributed by atoms with van der Waals surface area (Å²) in [4.78, 5) is 4.30. The van der Waals surface area contributed by atoms with Gasteiger partial charge in [-0.15, -0.1) is 11.8 Å². The summed E-state index contributed by atoms with van der Waals surface area (Å²) in [6.45, 7) is 0. The Morgan fingerprint density at radius 3 is 2.31 bits per heavy atom. The lowest BCUT2D eigenvalue weighted by molar-refractivity contribution is -0.137. The number of hydrogen-bond donors (Lipinski definition) is 0. The summed E-state index contributed by atoms with van der Waals surface area (Å²) in [5.74, 6) is -1.09. The van der Waals surface area contributed by atoms with Crippen LogP contribution in [0.3, 0.4) is 0 Å². The maximum absolute atomic E-state index is 14.0. The topological polar surface area (TPSA) is 30.7 Å². The zero-order chi connectivity index (χ0) is 20.8. The first-order valence-corrected chi connectivity index (χ1v) is 9.56. The third-order valence-corrected chi connectivity index (χ3v) is 5.81. The quantitative estimate of drug-likeness (QED) is 0.484. The lowest BCUT2D eigenvalue weighted by Crippen LogP contribution is -2.05. The molecule has 3 nitrogen and oxygen atoms in total. The van der Waals surface area contributed by atoms with Crippen LogP contribution >= 0.6 is 11.8 Å². The molecular weight excluding hydrogens is 409 g/mol. The van der Waals surface area contributed by atoms with Crippen LogP contribution in [0.1, 0.15) is 28.6 Å². The second-order valence-electron chi connectivity index (χ2n) is 6.57. The molecule has 9 heteroatoms. The Kier molecular flexibility index (Phi) is 4.94. The van der Waals surface area contributed by atoms with Crippen LogP contribution in [0.5, 0.6) is 0 Å². The molecule has 1 unspecified atom stereocenters. The van der Waals surface area contributed by atoms with E-state index in [1.54, 1.807) is 7.05 Å². The van der Waals surface area contributed by atoms with Crippen molar-refractivity contribution >= 4 is 17.3 Å². The van der Waals surface area contributed by atoms with Crippen molar-refractivity contribution in [3.05, 3.63) is 76.5 Å². The van der Waals surface area contributed by atoms with Crippen molar-refractivity contribution in [3.63, 3.8) is 0 Å². The number of aromatic nitrogens is 3. The zero-order valence-electron chi connectivity index (χ0n) is 15.0. The van der Waals surface area contributed by atoms with E-state index in [0.717, 1.165) is 35.4 Å². The Morgan fingerprint density at radius 1 is 1.03 bits per heavy atom. The van der Waals surface area contributed by atoms with E-state index in [-0.39, 0.29) is 16.6 Å². The first kappa shape index (κ1) is 19.6. The van der Waals surface area contributed by atoms with Crippen LogP contribution in [-0.2, 0) is 13.2 Å². The van der Waals surface area contributed by atoms with E-state index in [1.165, 1.54) is 34.6 Å². The van der Waals surface area contributed by atoms with Crippen molar-refractivity contribution in [2.24, 2.45) is 7.05 Å². The minimum atomic E-state index is -4.37. The number of hydrogen-bond acceptors (Lipinski definition) is 3. The van der Waals surface area contributed by atoms with Crippen LogP contribution < -0.4 is 0 Å². The second-order valence-corrected chi connectivity index (χ2v) is 7.65. The number of halogens is 5. The minimum absolute atomic E-state index is 0.0537. The lowest BCUT2D eigenvalue weighted by Gasteiger charge is -2.12. The number of nitrogens with zero attached hydrogens (tertiary/aromatic N) is 3. The van der Waals surface area contributed by atoms with Crippen molar-refractivity contribution in [2.75, 3.05) is 0 Å². The number of benzene rings is 2. The fourth-order valence-corrected chi connectivity index (χ4v) is 4.29. The van der Waals surface area contributed by atoms with Crippen molar-refractivity contribution in [1.29, 1.82) is 0 Å². The Hall–Kier alpha value is -2.68. The molecule has 0 saturated heterocycles. The van der Waals surface area contributed by atoms with Gasteiger partial charge in [-0.2, -0.15) is 18.3 Å². The predicted molar refractivity (Wildman–Crippen MR) is 101 cm³/mol. The molecule has 0 N–H and O–H groups in total. The molecule has 150 valence electrons. The summed E-state index contributed by atoms with van der Waals surface area (Å²) in [7, 11) is 1.63. The average molecular weight is 423 g/mol. The van der Waals surface area contributed by atoms with Crippen LogP contribution in [-0.4, -0.2) is 14.8 Å². The van der Waals surface area contributed by atoms with E-state index in [2.05, 4.69) is 10.1 Å². The highest BCUT2D eigenvalue weighted by atomic mass is 32.2. The Balaban J connectivity index is 1.56. The molecule has 1 aromatic heterocycles. The van der Waals surface area contributed by atoms with E-state index >= 15 is 0 Å². The van der Waals surface area contributed by atoms with Gasteiger partial charge in [-0.05, 0) is 41.7 Å². The largest absolute Gasteiger partial charge is 0.416 e. The Bertz CT molecular complexity index is 1070. The van der Waals surface area contributed by atoms with Crippen molar-refractivity contribution in [1.82, 2.24) is 14.8 Å². The number of aryl methyl sites for hydroxylation is 1. The Labute approximate surface area is 167 Å². The standard InChI is InChI=1S/C20H14F5N3S/c1-28-19(26-18(27-28)17-14(21)3-2-4-15(17)22)12-9-16(29-10-12)11-5-7-13(8-6-11)20(23,24)25/h2-8,10,16H,9H2,1H3. The van der Waals surface area contributed by atoms with Crippen molar-refractivity contribution < 1.29 is 22.0 Å². The molecule has 3 aromatic rings. The van der Waals surface area contributed by atoms with Crippen LogP contribution in [0, 0.1) is 11.6 Å². The van der Waals surface area contributed by atoms with Gasteiger partial charge in [0.2, 0.25) is 0 Å². The van der Waals surface area contributed by atoms with Gasteiger partial charge in [0.05, 0.1) is 11.1 Å². The van der Waals surface area contributed by atoms with Gasteiger partial charge in [0.15, 0.2) is 11.6 Å². The first-order valence-electron chi connectivity index (χ1n) is 8.61. The maximum Gasteiger partial charge on any atom is 0.416 e. The maximum atomic E-state index is 14.0. The van der Waals surface area contributed by atoms with Gasteiger partial charge in [0.25, 0.3) is 0 Å². The molecule has 0 bridgehead atoms. The van der Waals surface area contributed by atoms with Crippen molar-refractivity contribution in [2.45, 2.75) is 17.8 Å². The first-order chi connectivity index (χ1) is 13.7. The molecule has 1 atom stereocenters. The van der Waals surface area contributed by atoms with E-state index in [4.69, 9.17) is 0 Å². The minimum Gasteiger partial charge on any atom is -0.249 e. The molecule has 4 rings (SSSR count). The molecule has 0 radical (unpaired) electrons. The summed E-state index contributed by atoms with van der Waals surface area (Å²) < 4.78 is 67.7. The summed E-state index contributed by atoms with van der Waals surface area (Å²) in [6, 6.07) is 8.61. The van der Waals surface area contributed by atoms with E-state index < -0.39 is 23.4 Å². The second kappa shape index (κ2) is 7.29. The molecule has 0 spiro atoms. The van der Waals surface area contributed by atoms with Gasteiger partial charge in [-0.3, -0.25) is 0 Å². The van der Waals surface area contributed by atoms with Crippen LogP contribution in [0.4, 0.5) is 22.0 Å². The molecule has 0 saturated carbocycles. The van der Waals surface area contributed by atoms with Gasteiger partial charge in [-0.1, -0.05) is 18.2 Å². The van der Waals surface area contributed by atoms with E-state index in [9.17, 15) is 22.0 Å². The van der Waals surface area contributed by atoms with Gasteiger partial charge in [0, 0.05) is 17.9 Å². The fraction of sp³-hybridized carbons (Fsp3) is 0.200.